The maximum absolute atomic E-state index is 13.4. The van der Waals surface area contributed by atoms with Crippen molar-refractivity contribution in [1.82, 2.24) is 19.8 Å². The van der Waals surface area contributed by atoms with Crippen molar-refractivity contribution in [3.63, 3.8) is 0 Å². The number of likely N-dealkylation sites (tertiary alicyclic amines) is 1. The summed E-state index contributed by atoms with van der Waals surface area (Å²) >= 11 is 0. The number of benzene rings is 1. The van der Waals surface area contributed by atoms with Crippen molar-refractivity contribution in [1.29, 1.82) is 5.26 Å². The number of nitrogens with zero attached hydrogens (tertiary/aromatic N) is 5. The van der Waals surface area contributed by atoms with E-state index in [2.05, 4.69) is 22.0 Å². The van der Waals surface area contributed by atoms with Crippen molar-refractivity contribution in [2.75, 3.05) is 18.8 Å². The number of amides is 2. The summed E-state index contributed by atoms with van der Waals surface area (Å²) in [5.41, 5.74) is 11.5. The van der Waals surface area contributed by atoms with Gasteiger partial charge in [-0.2, -0.15) is 28.2 Å². The fraction of sp³-hybridized carbons (Fsp3) is 0.370. The standard InChI is InChI=1S/C27H25F3N8O2/c1-2-4-21(39)36-8-7-26(15-36)9-18(10-26)38-24(32)22(25(33)40)23(35-38)17-12-34-37(14-17)13-16-5-3-6-20(19(16)11-31)27(28,29)30/h3,5-6,12,14,18H,7-10,13,15H2,1H3,(H4,32,33,35,40)/p+1. The largest absolute Gasteiger partial charge is 0.417 e. The highest BCUT2D eigenvalue weighted by molar-refractivity contribution is 6.02. The smallest absolute Gasteiger partial charge is 0.365 e. The van der Waals surface area contributed by atoms with Crippen LogP contribution < -0.4 is 16.1 Å². The summed E-state index contributed by atoms with van der Waals surface area (Å²) in [6, 6.07) is 5.14. The predicted molar refractivity (Wildman–Crippen MR) is 136 cm³/mol. The lowest BCUT2D eigenvalue weighted by Crippen LogP contribution is -2.55. The maximum Gasteiger partial charge on any atom is 0.417 e. The Labute approximate surface area is 227 Å². The molecule has 1 aliphatic heterocycles. The van der Waals surface area contributed by atoms with Gasteiger partial charge >= 0.3 is 12.0 Å². The number of halogens is 3. The highest BCUT2D eigenvalue weighted by atomic mass is 19.4. The van der Waals surface area contributed by atoms with Gasteiger partial charge in [-0.05, 0) is 49.2 Å². The maximum atomic E-state index is 13.4. The van der Waals surface area contributed by atoms with Crippen molar-refractivity contribution in [2.45, 2.75) is 44.9 Å². The summed E-state index contributed by atoms with van der Waals surface area (Å²) in [7, 11) is 0. The molecule has 2 fully saturated rings. The first-order valence-corrected chi connectivity index (χ1v) is 12.5. The number of hydrogen-bond donors (Lipinski definition) is 3. The number of nitrogen functional groups attached to an aromatic ring is 1. The number of nitrogens with one attached hydrogen (secondary N) is 1. The van der Waals surface area contributed by atoms with Crippen LogP contribution in [0.3, 0.4) is 0 Å². The molecule has 1 saturated heterocycles. The second-order valence-electron chi connectivity index (χ2n) is 10.3. The van der Waals surface area contributed by atoms with Gasteiger partial charge in [0.1, 0.15) is 17.8 Å². The number of alkyl halides is 3. The van der Waals surface area contributed by atoms with E-state index in [0.717, 1.165) is 25.3 Å². The zero-order valence-electron chi connectivity index (χ0n) is 21.5. The van der Waals surface area contributed by atoms with Crippen LogP contribution in [0.5, 0.6) is 0 Å². The molecule has 1 saturated carbocycles. The molecule has 2 amide bonds. The fourth-order valence-electron chi connectivity index (χ4n) is 5.84. The number of carbonyl (C=O) groups is 2. The van der Waals surface area contributed by atoms with Crippen LogP contribution in [0.4, 0.5) is 19.0 Å². The molecule has 2 aliphatic rings. The summed E-state index contributed by atoms with van der Waals surface area (Å²) in [5.74, 6) is 4.46. The van der Waals surface area contributed by atoms with Gasteiger partial charge in [-0.15, -0.1) is 0 Å². The Hall–Kier alpha value is -4.78. The minimum absolute atomic E-state index is 0.0400. The van der Waals surface area contributed by atoms with E-state index in [-0.39, 0.29) is 40.9 Å². The van der Waals surface area contributed by atoms with Crippen molar-refractivity contribution in [2.24, 2.45) is 11.1 Å². The van der Waals surface area contributed by atoms with Gasteiger partial charge in [-0.3, -0.25) is 20.0 Å². The molecule has 1 aromatic carbocycles. The van der Waals surface area contributed by atoms with Gasteiger partial charge in [0, 0.05) is 24.8 Å². The number of nitrogens with two attached hydrogens (primary N) is 2. The molecule has 0 radical (unpaired) electrons. The molecule has 40 heavy (non-hydrogen) atoms. The number of primary amides is 1. The van der Waals surface area contributed by atoms with Crippen molar-refractivity contribution < 1.29 is 27.4 Å². The lowest BCUT2D eigenvalue weighted by Gasteiger charge is -2.42. The molecule has 5 N–H and O–H groups in total. The molecule has 13 heteroatoms. The van der Waals surface area contributed by atoms with E-state index in [9.17, 15) is 28.0 Å². The highest BCUT2D eigenvalue weighted by Crippen LogP contribution is 2.52. The van der Waals surface area contributed by atoms with Gasteiger partial charge in [-0.25, -0.2) is 5.10 Å². The van der Waals surface area contributed by atoms with Crippen LogP contribution in [0.25, 0.3) is 11.3 Å². The van der Waals surface area contributed by atoms with Crippen molar-refractivity contribution in [3.05, 3.63) is 52.8 Å². The zero-order chi connectivity index (χ0) is 28.8. The van der Waals surface area contributed by atoms with E-state index in [4.69, 9.17) is 11.5 Å². The van der Waals surface area contributed by atoms with Crippen LogP contribution in [-0.2, 0) is 17.5 Å². The summed E-state index contributed by atoms with van der Waals surface area (Å²) < 4.78 is 43.2. The molecule has 3 aromatic rings. The number of rotatable bonds is 5. The number of hydrogen-bond acceptors (Lipinski definition) is 5. The number of anilines is 1. The first-order chi connectivity index (χ1) is 19.0. The Bertz CT molecular complexity index is 1610. The highest BCUT2D eigenvalue weighted by Gasteiger charge is 2.53. The van der Waals surface area contributed by atoms with E-state index < -0.39 is 23.2 Å². The van der Waals surface area contributed by atoms with Gasteiger partial charge in [0.25, 0.3) is 11.8 Å². The number of aromatic nitrogens is 4. The molecule has 206 valence electrons. The predicted octanol–water partition coefficient (Wildman–Crippen LogP) is 2.36. The molecular formula is C27H26F3N8O2+. The van der Waals surface area contributed by atoms with E-state index in [1.165, 1.54) is 23.0 Å². The molecule has 0 unspecified atom stereocenters. The summed E-state index contributed by atoms with van der Waals surface area (Å²) in [6.45, 7) is 2.78. The SMILES string of the molecule is CC#CC(=O)N1CCC2(CC([n+]3[nH]c(-c4cnn(Cc5cccc(C(F)(F)F)c5C#N)c4)c(C(N)=O)c3N)C2)C1. The number of carbonyl (C=O) groups excluding carboxylic acids is 2. The fourth-order valence-corrected chi connectivity index (χ4v) is 5.84. The molecule has 10 nitrogen and oxygen atoms in total. The normalized spacial score (nSPS) is 20.1. The van der Waals surface area contributed by atoms with Gasteiger partial charge in [-0.1, -0.05) is 18.1 Å². The second-order valence-corrected chi connectivity index (χ2v) is 10.3. The number of H-pyrrole nitrogens is 1. The third-order valence-electron chi connectivity index (χ3n) is 7.73. The Morgan fingerprint density at radius 1 is 1.32 bits per heavy atom. The van der Waals surface area contributed by atoms with Gasteiger partial charge in [0.15, 0.2) is 5.56 Å². The molecular weight excluding hydrogens is 525 g/mol. The molecule has 5 rings (SSSR count). The van der Waals surface area contributed by atoms with Gasteiger partial charge in [0.2, 0.25) is 0 Å². The van der Waals surface area contributed by atoms with Gasteiger partial charge < -0.3 is 10.6 Å². The van der Waals surface area contributed by atoms with Crippen LogP contribution in [0, 0.1) is 28.6 Å². The quantitative estimate of drug-likeness (QED) is 0.329. The topological polar surface area (TPSA) is 151 Å². The van der Waals surface area contributed by atoms with E-state index in [1.807, 2.05) is 0 Å². The average molecular weight is 552 g/mol. The zero-order valence-corrected chi connectivity index (χ0v) is 21.5. The third-order valence-corrected chi connectivity index (χ3v) is 7.73. The van der Waals surface area contributed by atoms with Crippen LogP contribution in [0.2, 0.25) is 0 Å². The van der Waals surface area contributed by atoms with Crippen LogP contribution in [0.1, 0.15) is 59.3 Å². The molecule has 0 atom stereocenters. The Morgan fingerprint density at radius 3 is 2.73 bits per heavy atom. The lowest BCUT2D eigenvalue weighted by atomic mass is 9.65. The Kier molecular flexibility index (Phi) is 6.54. The van der Waals surface area contributed by atoms with E-state index >= 15 is 0 Å². The number of aromatic amines is 1. The monoisotopic (exact) mass is 551 g/mol. The van der Waals surface area contributed by atoms with Gasteiger partial charge in [0.05, 0.1) is 23.9 Å². The van der Waals surface area contributed by atoms with E-state index in [1.54, 1.807) is 28.8 Å². The van der Waals surface area contributed by atoms with Crippen LogP contribution >= 0.6 is 0 Å². The lowest BCUT2D eigenvalue weighted by molar-refractivity contribution is -0.775. The molecule has 2 aromatic heterocycles. The number of nitriles is 1. The second kappa shape index (κ2) is 9.75. The molecule has 1 aliphatic carbocycles. The molecule has 1 spiro atoms. The Balaban J connectivity index is 1.38. The summed E-state index contributed by atoms with van der Waals surface area (Å²) in [6.07, 6.45) is 0.660. The Morgan fingerprint density at radius 2 is 2.08 bits per heavy atom. The van der Waals surface area contributed by atoms with Crippen LogP contribution in [0.15, 0.2) is 30.6 Å². The van der Waals surface area contributed by atoms with Crippen molar-refractivity contribution >= 4 is 17.6 Å². The molecule has 3 heterocycles. The summed E-state index contributed by atoms with van der Waals surface area (Å²) in [4.78, 5) is 26.3. The van der Waals surface area contributed by atoms with E-state index in [0.29, 0.717) is 24.3 Å². The average Bonchev–Trinajstić information content (AvgIpc) is 3.60. The summed E-state index contributed by atoms with van der Waals surface area (Å²) in [5, 5.41) is 16.8. The molecule has 0 bridgehead atoms. The first-order valence-electron chi connectivity index (χ1n) is 12.5. The van der Waals surface area contributed by atoms with Crippen molar-refractivity contribution in [3.8, 4) is 29.2 Å². The van der Waals surface area contributed by atoms with Crippen LogP contribution in [-0.4, -0.2) is 44.7 Å². The third kappa shape index (κ3) is 4.64. The minimum atomic E-state index is -4.67. The first kappa shape index (κ1) is 26.8. The minimum Gasteiger partial charge on any atom is -0.365 e.